The first-order chi connectivity index (χ1) is 8.61. The molecule has 0 radical (unpaired) electrons. The Hall–Kier alpha value is -1.09. The van der Waals surface area contributed by atoms with Crippen molar-refractivity contribution in [3.05, 3.63) is 28.2 Å². The number of hydrogen-bond acceptors (Lipinski definition) is 4. The van der Waals surface area contributed by atoms with Gasteiger partial charge in [0.05, 0.1) is 25.3 Å². The summed E-state index contributed by atoms with van der Waals surface area (Å²) in [7, 11) is 0. The quantitative estimate of drug-likeness (QED) is 0.910. The van der Waals surface area contributed by atoms with Gasteiger partial charge in [-0.1, -0.05) is 22.0 Å². The first-order valence-corrected chi connectivity index (χ1v) is 6.65. The highest BCUT2D eigenvalue weighted by molar-refractivity contribution is 9.10. The van der Waals surface area contributed by atoms with Crippen molar-refractivity contribution in [2.75, 3.05) is 24.6 Å². The monoisotopic (exact) mass is 310 g/mol. The molecule has 1 fully saturated rings. The summed E-state index contributed by atoms with van der Waals surface area (Å²) >= 11 is 3.46. The Morgan fingerprint density at radius 2 is 2.39 bits per heavy atom. The Bertz CT molecular complexity index is 471. The minimum atomic E-state index is -0.495. The van der Waals surface area contributed by atoms with E-state index in [2.05, 4.69) is 26.9 Å². The smallest absolute Gasteiger partial charge is 0.161 e. The Morgan fingerprint density at radius 1 is 1.61 bits per heavy atom. The molecule has 1 saturated heterocycles. The summed E-state index contributed by atoms with van der Waals surface area (Å²) in [5, 5.41) is 18.5. The standard InChI is InChI=1S/C13H15BrN2O2/c1-9(17)12-3-2-10(6-13(12)14)16-4-5-18-11(7-15)8-16/h2-3,6,9,11,17H,4-5,8H2,1H3. The van der Waals surface area contributed by atoms with Crippen LogP contribution in [-0.4, -0.2) is 30.9 Å². The largest absolute Gasteiger partial charge is 0.389 e. The van der Waals surface area contributed by atoms with E-state index in [1.165, 1.54) is 0 Å². The summed E-state index contributed by atoms with van der Waals surface area (Å²) in [6.45, 7) is 3.66. The van der Waals surface area contributed by atoms with E-state index in [0.29, 0.717) is 13.2 Å². The molecule has 0 aliphatic carbocycles. The predicted octanol–water partition coefficient (Wildman–Crippen LogP) is 2.23. The maximum Gasteiger partial charge on any atom is 0.161 e. The SMILES string of the molecule is CC(O)c1ccc(N2CCOC(C#N)C2)cc1Br. The third kappa shape index (κ3) is 2.83. The molecule has 2 unspecified atom stereocenters. The second-order valence-electron chi connectivity index (χ2n) is 4.32. The molecule has 1 aliphatic heterocycles. The number of hydrogen-bond donors (Lipinski definition) is 1. The lowest BCUT2D eigenvalue weighted by Gasteiger charge is -2.32. The van der Waals surface area contributed by atoms with Crippen molar-refractivity contribution >= 4 is 21.6 Å². The van der Waals surface area contributed by atoms with Crippen LogP contribution >= 0.6 is 15.9 Å². The second kappa shape index (κ2) is 5.70. The molecule has 0 spiro atoms. The summed E-state index contributed by atoms with van der Waals surface area (Å²) < 4.78 is 6.20. The predicted molar refractivity (Wildman–Crippen MR) is 72.3 cm³/mol. The van der Waals surface area contributed by atoms with Crippen LogP contribution in [0.4, 0.5) is 5.69 Å². The topological polar surface area (TPSA) is 56.5 Å². The van der Waals surface area contributed by atoms with E-state index in [1.54, 1.807) is 6.92 Å². The molecule has 0 aromatic heterocycles. The molecule has 0 bridgehead atoms. The van der Waals surface area contributed by atoms with Gasteiger partial charge in [0.25, 0.3) is 0 Å². The fraction of sp³-hybridized carbons (Fsp3) is 0.462. The average molecular weight is 311 g/mol. The van der Waals surface area contributed by atoms with E-state index in [0.717, 1.165) is 22.3 Å². The maximum atomic E-state index is 9.58. The van der Waals surface area contributed by atoms with Crippen LogP contribution in [0.5, 0.6) is 0 Å². The first-order valence-electron chi connectivity index (χ1n) is 5.85. The molecular weight excluding hydrogens is 296 g/mol. The van der Waals surface area contributed by atoms with Gasteiger partial charge in [0.2, 0.25) is 0 Å². The zero-order valence-corrected chi connectivity index (χ0v) is 11.7. The Morgan fingerprint density at radius 3 is 3.00 bits per heavy atom. The van der Waals surface area contributed by atoms with Gasteiger partial charge in [-0.05, 0) is 24.6 Å². The van der Waals surface area contributed by atoms with Crippen molar-refractivity contribution in [3.63, 3.8) is 0 Å². The van der Waals surface area contributed by atoms with Crippen molar-refractivity contribution in [1.82, 2.24) is 0 Å². The molecule has 1 aromatic carbocycles. The Labute approximate surface area is 115 Å². The molecule has 1 N–H and O–H groups in total. The third-order valence-electron chi connectivity index (χ3n) is 3.01. The van der Waals surface area contributed by atoms with Gasteiger partial charge in [-0.2, -0.15) is 5.26 Å². The van der Waals surface area contributed by atoms with Crippen molar-refractivity contribution in [2.45, 2.75) is 19.1 Å². The average Bonchev–Trinajstić information content (AvgIpc) is 2.38. The van der Waals surface area contributed by atoms with Gasteiger partial charge in [0.15, 0.2) is 6.10 Å². The van der Waals surface area contributed by atoms with Crippen LogP contribution in [-0.2, 0) is 4.74 Å². The van der Waals surface area contributed by atoms with Gasteiger partial charge < -0.3 is 14.7 Å². The van der Waals surface area contributed by atoms with Gasteiger partial charge in [-0.3, -0.25) is 0 Å². The Balaban J connectivity index is 2.19. The number of morpholine rings is 1. The highest BCUT2D eigenvalue weighted by Crippen LogP contribution is 2.29. The summed E-state index contributed by atoms with van der Waals surface area (Å²) in [6.07, 6.45) is -0.862. The van der Waals surface area contributed by atoms with Crippen LogP contribution in [0.15, 0.2) is 22.7 Å². The number of anilines is 1. The lowest BCUT2D eigenvalue weighted by molar-refractivity contribution is 0.0764. The van der Waals surface area contributed by atoms with E-state index < -0.39 is 6.10 Å². The van der Waals surface area contributed by atoms with Crippen molar-refractivity contribution in [2.24, 2.45) is 0 Å². The zero-order valence-electron chi connectivity index (χ0n) is 10.1. The molecule has 1 aromatic rings. The summed E-state index contributed by atoms with van der Waals surface area (Å²) in [6, 6.07) is 7.97. The summed E-state index contributed by atoms with van der Waals surface area (Å²) in [4.78, 5) is 2.12. The van der Waals surface area contributed by atoms with E-state index in [4.69, 9.17) is 10.00 Å². The van der Waals surface area contributed by atoms with E-state index in [1.807, 2.05) is 18.2 Å². The number of rotatable bonds is 2. The minimum absolute atomic E-state index is 0.367. The van der Waals surface area contributed by atoms with Crippen LogP contribution in [0.3, 0.4) is 0 Å². The molecule has 4 nitrogen and oxygen atoms in total. The molecule has 2 atom stereocenters. The second-order valence-corrected chi connectivity index (χ2v) is 5.17. The normalized spacial score (nSPS) is 21.4. The van der Waals surface area contributed by atoms with Crippen LogP contribution in [0.1, 0.15) is 18.6 Å². The fourth-order valence-corrected chi connectivity index (χ4v) is 2.71. The maximum absolute atomic E-state index is 9.58. The van der Waals surface area contributed by atoms with Gasteiger partial charge in [0.1, 0.15) is 0 Å². The van der Waals surface area contributed by atoms with Crippen LogP contribution in [0, 0.1) is 11.3 Å². The Kier molecular flexibility index (Phi) is 4.23. The van der Waals surface area contributed by atoms with Crippen LogP contribution in [0.2, 0.25) is 0 Å². The van der Waals surface area contributed by atoms with E-state index >= 15 is 0 Å². The lowest BCUT2D eigenvalue weighted by atomic mass is 10.1. The van der Waals surface area contributed by atoms with Gasteiger partial charge in [-0.15, -0.1) is 0 Å². The number of nitriles is 1. The van der Waals surface area contributed by atoms with Crippen LogP contribution < -0.4 is 4.90 Å². The first kappa shape index (κ1) is 13.3. The highest BCUT2D eigenvalue weighted by atomic mass is 79.9. The highest BCUT2D eigenvalue weighted by Gasteiger charge is 2.20. The number of benzene rings is 1. The molecule has 1 aliphatic rings. The number of aliphatic hydroxyl groups is 1. The molecule has 0 saturated carbocycles. The fourth-order valence-electron chi connectivity index (χ4n) is 2.01. The minimum Gasteiger partial charge on any atom is -0.389 e. The molecule has 0 amide bonds. The van der Waals surface area contributed by atoms with Gasteiger partial charge in [-0.25, -0.2) is 0 Å². The molecular formula is C13H15BrN2O2. The number of ether oxygens (including phenoxy) is 1. The number of nitrogens with zero attached hydrogens (tertiary/aromatic N) is 2. The molecule has 96 valence electrons. The number of halogens is 1. The summed E-state index contributed by atoms with van der Waals surface area (Å²) in [5.41, 5.74) is 1.90. The van der Waals surface area contributed by atoms with Crippen molar-refractivity contribution in [1.29, 1.82) is 5.26 Å². The molecule has 5 heteroatoms. The van der Waals surface area contributed by atoms with Crippen LogP contribution in [0.25, 0.3) is 0 Å². The lowest BCUT2D eigenvalue weighted by Crippen LogP contribution is -2.41. The summed E-state index contributed by atoms with van der Waals surface area (Å²) in [5.74, 6) is 0. The van der Waals surface area contributed by atoms with Crippen molar-refractivity contribution in [3.8, 4) is 6.07 Å². The van der Waals surface area contributed by atoms with Crippen molar-refractivity contribution < 1.29 is 9.84 Å². The zero-order chi connectivity index (χ0) is 13.1. The molecule has 18 heavy (non-hydrogen) atoms. The molecule has 2 rings (SSSR count). The van der Waals surface area contributed by atoms with E-state index in [-0.39, 0.29) is 6.10 Å². The van der Waals surface area contributed by atoms with Gasteiger partial charge in [0, 0.05) is 16.7 Å². The van der Waals surface area contributed by atoms with E-state index in [9.17, 15) is 5.11 Å². The number of aliphatic hydroxyl groups excluding tert-OH is 1. The van der Waals surface area contributed by atoms with Gasteiger partial charge >= 0.3 is 0 Å². The molecule has 1 heterocycles. The third-order valence-corrected chi connectivity index (χ3v) is 3.70.